The maximum Gasteiger partial charge on any atom is 0.257 e. The first-order valence-electron chi connectivity index (χ1n) is 6.31. The fraction of sp³-hybridized carbons (Fsp3) is 0.462. The molecule has 20 heavy (non-hydrogen) atoms. The summed E-state index contributed by atoms with van der Waals surface area (Å²) >= 11 is 5.90. The SMILES string of the molecule is O=C(COc1ccccc1Cl)NC[C@H]1CCS(=O)(=O)C1. The number of carbonyl (C=O) groups is 1. The lowest BCUT2D eigenvalue weighted by Gasteiger charge is -2.11. The molecule has 1 aromatic rings. The summed E-state index contributed by atoms with van der Waals surface area (Å²) in [7, 11) is -2.90. The van der Waals surface area contributed by atoms with Gasteiger partial charge in [0.05, 0.1) is 16.5 Å². The molecule has 0 saturated carbocycles. The first-order chi connectivity index (χ1) is 9.46. The van der Waals surface area contributed by atoms with Crippen molar-refractivity contribution in [2.75, 3.05) is 24.7 Å². The fourth-order valence-electron chi connectivity index (χ4n) is 2.05. The van der Waals surface area contributed by atoms with Gasteiger partial charge in [0, 0.05) is 6.54 Å². The van der Waals surface area contributed by atoms with Crippen LogP contribution in [-0.2, 0) is 14.6 Å². The Morgan fingerprint density at radius 3 is 2.80 bits per heavy atom. The molecule has 0 radical (unpaired) electrons. The minimum Gasteiger partial charge on any atom is -0.482 e. The molecule has 0 spiro atoms. The Morgan fingerprint density at radius 1 is 1.40 bits per heavy atom. The summed E-state index contributed by atoms with van der Waals surface area (Å²) < 4.78 is 27.9. The molecule has 110 valence electrons. The van der Waals surface area contributed by atoms with Gasteiger partial charge in [-0.3, -0.25) is 4.79 Å². The molecule has 1 aliphatic rings. The number of hydrogen-bond donors (Lipinski definition) is 1. The third-order valence-corrected chi connectivity index (χ3v) is 5.26. The van der Waals surface area contributed by atoms with Crippen LogP contribution < -0.4 is 10.1 Å². The number of hydrogen-bond acceptors (Lipinski definition) is 4. The summed E-state index contributed by atoms with van der Waals surface area (Å²) in [6.07, 6.45) is 0.605. The second-order valence-electron chi connectivity index (χ2n) is 4.79. The van der Waals surface area contributed by atoms with Crippen LogP contribution in [0.15, 0.2) is 24.3 Å². The van der Waals surface area contributed by atoms with Crippen LogP contribution in [0.5, 0.6) is 5.75 Å². The van der Waals surface area contributed by atoms with Crippen LogP contribution >= 0.6 is 11.6 Å². The monoisotopic (exact) mass is 317 g/mol. The Bertz CT molecular complexity index is 588. The highest BCUT2D eigenvalue weighted by molar-refractivity contribution is 7.91. The van der Waals surface area contributed by atoms with E-state index in [0.717, 1.165) is 0 Å². The lowest BCUT2D eigenvalue weighted by molar-refractivity contribution is -0.123. The number of para-hydroxylation sites is 1. The number of rotatable bonds is 5. The van der Waals surface area contributed by atoms with Crippen LogP contribution in [0.25, 0.3) is 0 Å². The molecular weight excluding hydrogens is 302 g/mol. The van der Waals surface area contributed by atoms with E-state index in [-0.39, 0.29) is 29.9 Å². The molecule has 1 saturated heterocycles. The van der Waals surface area contributed by atoms with Crippen molar-refractivity contribution in [1.82, 2.24) is 5.32 Å². The Balaban J connectivity index is 1.73. The highest BCUT2D eigenvalue weighted by Crippen LogP contribution is 2.22. The molecule has 1 heterocycles. The van der Waals surface area contributed by atoms with Crippen LogP contribution in [0.1, 0.15) is 6.42 Å². The van der Waals surface area contributed by atoms with Crippen LogP contribution in [0, 0.1) is 5.92 Å². The first kappa shape index (κ1) is 15.1. The van der Waals surface area contributed by atoms with E-state index in [1.54, 1.807) is 24.3 Å². The molecule has 0 bridgehead atoms. The maximum atomic E-state index is 11.6. The van der Waals surface area contributed by atoms with Crippen LogP contribution in [-0.4, -0.2) is 39.0 Å². The Kier molecular flexibility index (Phi) is 4.88. The molecule has 2 rings (SSSR count). The van der Waals surface area contributed by atoms with Gasteiger partial charge in [-0.1, -0.05) is 23.7 Å². The lowest BCUT2D eigenvalue weighted by atomic mass is 10.1. The van der Waals surface area contributed by atoms with Crippen molar-refractivity contribution in [3.8, 4) is 5.75 Å². The van der Waals surface area contributed by atoms with E-state index in [1.165, 1.54) is 0 Å². The quantitative estimate of drug-likeness (QED) is 0.887. The smallest absolute Gasteiger partial charge is 0.257 e. The van der Waals surface area contributed by atoms with Crippen molar-refractivity contribution in [1.29, 1.82) is 0 Å². The van der Waals surface area contributed by atoms with E-state index in [1.807, 2.05) is 0 Å². The van der Waals surface area contributed by atoms with E-state index < -0.39 is 9.84 Å². The zero-order valence-corrected chi connectivity index (χ0v) is 12.4. The van der Waals surface area contributed by atoms with Crippen LogP contribution in [0.4, 0.5) is 0 Å². The van der Waals surface area contributed by atoms with Gasteiger partial charge in [0.15, 0.2) is 16.4 Å². The first-order valence-corrected chi connectivity index (χ1v) is 8.51. The molecule has 1 aliphatic heterocycles. The second kappa shape index (κ2) is 6.45. The normalized spacial score (nSPS) is 20.6. The lowest BCUT2D eigenvalue weighted by Crippen LogP contribution is -2.33. The molecule has 0 aromatic heterocycles. The van der Waals surface area contributed by atoms with Crippen LogP contribution in [0.3, 0.4) is 0 Å². The van der Waals surface area contributed by atoms with Crippen LogP contribution in [0.2, 0.25) is 5.02 Å². The van der Waals surface area contributed by atoms with Crippen molar-refractivity contribution in [2.24, 2.45) is 5.92 Å². The summed E-state index contributed by atoms with van der Waals surface area (Å²) in [5.74, 6) is 0.536. The number of sulfone groups is 1. The molecule has 7 heteroatoms. The van der Waals surface area contributed by atoms with Gasteiger partial charge in [0.25, 0.3) is 5.91 Å². The average Bonchev–Trinajstić information content (AvgIpc) is 2.75. The largest absolute Gasteiger partial charge is 0.482 e. The van der Waals surface area contributed by atoms with Gasteiger partial charge in [-0.25, -0.2) is 8.42 Å². The van der Waals surface area contributed by atoms with Gasteiger partial charge >= 0.3 is 0 Å². The molecule has 0 aliphatic carbocycles. The van der Waals surface area contributed by atoms with Gasteiger partial charge in [-0.2, -0.15) is 0 Å². The minimum atomic E-state index is -2.90. The van der Waals surface area contributed by atoms with E-state index in [0.29, 0.717) is 23.7 Å². The summed E-state index contributed by atoms with van der Waals surface area (Å²) in [6.45, 7) is 0.229. The Labute approximate surface area is 123 Å². The molecule has 1 N–H and O–H groups in total. The summed E-state index contributed by atoms with van der Waals surface area (Å²) in [4.78, 5) is 11.6. The molecule has 5 nitrogen and oxygen atoms in total. The predicted molar refractivity (Wildman–Crippen MR) is 76.7 cm³/mol. The Morgan fingerprint density at radius 2 is 2.15 bits per heavy atom. The van der Waals surface area contributed by atoms with E-state index >= 15 is 0 Å². The van der Waals surface area contributed by atoms with Crippen molar-refractivity contribution < 1.29 is 17.9 Å². The third-order valence-electron chi connectivity index (χ3n) is 3.11. The molecule has 1 aromatic carbocycles. The molecule has 1 amide bonds. The number of carbonyl (C=O) groups excluding carboxylic acids is 1. The van der Waals surface area contributed by atoms with Crippen molar-refractivity contribution >= 4 is 27.3 Å². The number of benzene rings is 1. The number of amides is 1. The average molecular weight is 318 g/mol. The molecule has 1 fully saturated rings. The highest BCUT2D eigenvalue weighted by Gasteiger charge is 2.27. The zero-order chi connectivity index (χ0) is 14.6. The van der Waals surface area contributed by atoms with Crippen molar-refractivity contribution in [3.05, 3.63) is 29.3 Å². The standard InChI is InChI=1S/C13H16ClNO4S/c14-11-3-1-2-4-12(11)19-8-13(16)15-7-10-5-6-20(17,18)9-10/h1-4,10H,5-9H2,(H,15,16)/t10-/m1/s1. The number of halogens is 1. The summed E-state index contributed by atoms with van der Waals surface area (Å²) in [5, 5.41) is 3.13. The zero-order valence-electron chi connectivity index (χ0n) is 10.8. The Hall–Kier alpha value is -1.27. The number of nitrogens with one attached hydrogen (secondary N) is 1. The van der Waals surface area contributed by atoms with Crippen molar-refractivity contribution in [3.63, 3.8) is 0 Å². The molecule has 1 atom stereocenters. The topological polar surface area (TPSA) is 72.5 Å². The summed E-state index contributed by atoms with van der Waals surface area (Å²) in [6, 6.07) is 6.90. The van der Waals surface area contributed by atoms with E-state index in [9.17, 15) is 13.2 Å². The maximum absolute atomic E-state index is 11.6. The summed E-state index contributed by atoms with van der Waals surface area (Å²) in [5.41, 5.74) is 0. The van der Waals surface area contributed by atoms with Gasteiger partial charge in [0.1, 0.15) is 5.75 Å². The second-order valence-corrected chi connectivity index (χ2v) is 7.43. The fourth-order valence-corrected chi connectivity index (χ4v) is 4.10. The third kappa shape index (κ3) is 4.38. The highest BCUT2D eigenvalue weighted by atomic mass is 35.5. The molecular formula is C13H16ClNO4S. The minimum absolute atomic E-state index is 0.00395. The van der Waals surface area contributed by atoms with Gasteiger partial charge in [0.2, 0.25) is 0 Å². The van der Waals surface area contributed by atoms with Crippen molar-refractivity contribution in [2.45, 2.75) is 6.42 Å². The predicted octanol–water partition coefficient (Wildman–Crippen LogP) is 1.27. The van der Waals surface area contributed by atoms with E-state index in [2.05, 4.69) is 5.32 Å². The molecule has 0 unspecified atom stereocenters. The number of ether oxygens (including phenoxy) is 1. The van der Waals surface area contributed by atoms with Gasteiger partial charge in [-0.05, 0) is 24.5 Å². The van der Waals surface area contributed by atoms with Gasteiger partial charge < -0.3 is 10.1 Å². The van der Waals surface area contributed by atoms with E-state index in [4.69, 9.17) is 16.3 Å². The van der Waals surface area contributed by atoms with Gasteiger partial charge in [-0.15, -0.1) is 0 Å².